The average molecular weight is 389 g/mol. The number of halogens is 1. The smallest absolute Gasteiger partial charge is 0.114 e. The molecule has 1 fully saturated rings. The monoisotopic (exact) mass is 389 g/mol. The summed E-state index contributed by atoms with van der Waals surface area (Å²) >= 11 is 0. The van der Waals surface area contributed by atoms with E-state index in [1.54, 1.807) is 5.56 Å². The summed E-state index contributed by atoms with van der Waals surface area (Å²) in [6, 6.07) is 11.9. The van der Waals surface area contributed by atoms with Crippen molar-refractivity contribution in [2.45, 2.75) is 44.9 Å². The first kappa shape index (κ1) is 17.2. The van der Waals surface area contributed by atoms with E-state index in [1.807, 2.05) is 0 Å². The summed E-state index contributed by atoms with van der Waals surface area (Å²) in [7, 11) is 1.48. The first-order valence-corrected chi connectivity index (χ1v) is 11.0. The Morgan fingerprint density at radius 3 is 2.32 bits per heavy atom. The fraction of sp³-hybridized carbons (Fsp3) is 0.625. The molecule has 2 atom stereocenters. The Bertz CT molecular complexity index is 387. The van der Waals surface area contributed by atoms with Crippen molar-refractivity contribution >= 4 is 8.07 Å². The third kappa shape index (κ3) is 4.57. The molecule has 1 saturated heterocycles. The van der Waals surface area contributed by atoms with Gasteiger partial charge in [0.1, 0.15) is 14.1 Å². The van der Waals surface area contributed by atoms with E-state index in [0.29, 0.717) is 0 Å². The van der Waals surface area contributed by atoms with E-state index in [0.717, 1.165) is 6.04 Å². The van der Waals surface area contributed by atoms with E-state index in [4.69, 9.17) is 0 Å². The molecule has 0 bridgehead atoms. The molecule has 19 heavy (non-hydrogen) atoms. The highest BCUT2D eigenvalue weighted by Crippen LogP contribution is 2.37. The Morgan fingerprint density at radius 2 is 1.74 bits per heavy atom. The number of nitrogens with zero attached hydrogens (tertiary/aromatic N) is 1. The van der Waals surface area contributed by atoms with Gasteiger partial charge in [-0.1, -0.05) is 50.0 Å². The van der Waals surface area contributed by atoms with Crippen molar-refractivity contribution in [3.05, 3.63) is 35.9 Å². The molecule has 0 aromatic heterocycles. The first-order valence-electron chi connectivity index (χ1n) is 7.30. The number of benzene rings is 1. The minimum atomic E-state index is -1.02. The maximum Gasteiger partial charge on any atom is 0.114 e. The number of hydrogen-bond donors (Lipinski definition) is 0. The summed E-state index contributed by atoms with van der Waals surface area (Å²) in [5.41, 5.74) is 1.55. The Kier molecular flexibility index (Phi) is 6.08. The standard InChI is InChI=1S/C16H28NSi.HI/c1-17(14-18(2,3)4)13-9-8-12-16(17)15-10-6-5-7-11-15;/h5-7,10-11,16H,8-9,12-14H2,1-4H3;1H/q+1;/p-1. The fourth-order valence-electron chi connectivity index (χ4n) is 3.75. The van der Waals surface area contributed by atoms with Gasteiger partial charge in [-0.3, -0.25) is 0 Å². The molecule has 1 aliphatic heterocycles. The van der Waals surface area contributed by atoms with Crippen LogP contribution >= 0.6 is 0 Å². The number of quaternary nitrogens is 1. The van der Waals surface area contributed by atoms with Crippen molar-refractivity contribution in [2.75, 3.05) is 19.8 Å². The zero-order valence-corrected chi connectivity index (χ0v) is 16.0. The van der Waals surface area contributed by atoms with Gasteiger partial charge in [0, 0.05) is 12.0 Å². The lowest BCUT2D eigenvalue weighted by Crippen LogP contribution is -3.00. The first-order chi connectivity index (χ1) is 8.41. The molecule has 0 saturated carbocycles. The highest BCUT2D eigenvalue weighted by atomic mass is 127. The molecule has 1 nitrogen and oxygen atoms in total. The lowest BCUT2D eigenvalue weighted by Gasteiger charge is -2.47. The zero-order valence-electron chi connectivity index (χ0n) is 12.8. The van der Waals surface area contributed by atoms with E-state index in [9.17, 15) is 0 Å². The Morgan fingerprint density at radius 1 is 1.11 bits per heavy atom. The molecule has 108 valence electrons. The predicted octanol–water partition coefficient (Wildman–Crippen LogP) is 1.24. The predicted molar refractivity (Wildman–Crippen MR) is 82.3 cm³/mol. The maximum atomic E-state index is 2.51. The van der Waals surface area contributed by atoms with E-state index in [-0.39, 0.29) is 24.0 Å². The lowest BCUT2D eigenvalue weighted by molar-refractivity contribution is -0.935. The molecule has 0 aliphatic carbocycles. The van der Waals surface area contributed by atoms with Crippen LogP contribution in [0.2, 0.25) is 19.6 Å². The van der Waals surface area contributed by atoms with Crippen LogP contribution in [0.25, 0.3) is 0 Å². The van der Waals surface area contributed by atoms with E-state index >= 15 is 0 Å². The van der Waals surface area contributed by atoms with Crippen LogP contribution in [0.15, 0.2) is 30.3 Å². The molecule has 1 heterocycles. The highest BCUT2D eigenvalue weighted by molar-refractivity contribution is 6.76. The lowest BCUT2D eigenvalue weighted by atomic mass is 9.94. The maximum absolute atomic E-state index is 2.51. The van der Waals surface area contributed by atoms with Crippen molar-refractivity contribution < 1.29 is 28.5 Å². The van der Waals surface area contributed by atoms with Crippen LogP contribution in [0.4, 0.5) is 0 Å². The van der Waals surface area contributed by atoms with Gasteiger partial charge >= 0.3 is 0 Å². The van der Waals surface area contributed by atoms with Gasteiger partial charge in [0.15, 0.2) is 0 Å². The molecule has 1 aromatic rings. The fourth-order valence-corrected chi connectivity index (χ4v) is 6.30. The number of likely N-dealkylation sites (tertiary alicyclic amines) is 1. The molecule has 0 N–H and O–H groups in total. The SMILES string of the molecule is C[N+]1(C[Si](C)(C)C)CCCCC1c1ccccc1.[I-]. The third-order valence-corrected chi connectivity index (χ3v) is 5.84. The third-order valence-electron chi connectivity index (χ3n) is 4.17. The van der Waals surface area contributed by atoms with Crippen LogP contribution < -0.4 is 24.0 Å². The average Bonchev–Trinajstić information content (AvgIpc) is 2.27. The largest absolute Gasteiger partial charge is 1.00 e. The second-order valence-corrected chi connectivity index (χ2v) is 12.8. The summed E-state index contributed by atoms with van der Waals surface area (Å²) in [6.07, 6.45) is 5.58. The van der Waals surface area contributed by atoms with Crippen molar-refractivity contribution in [3.8, 4) is 0 Å². The summed E-state index contributed by atoms with van der Waals surface area (Å²) in [5.74, 6) is 0. The van der Waals surface area contributed by atoms with Gasteiger partial charge < -0.3 is 28.5 Å². The summed E-state index contributed by atoms with van der Waals surface area (Å²) < 4.78 is 1.28. The van der Waals surface area contributed by atoms with Crippen molar-refractivity contribution in [3.63, 3.8) is 0 Å². The van der Waals surface area contributed by atoms with E-state index in [1.165, 1.54) is 36.5 Å². The van der Waals surface area contributed by atoms with Gasteiger partial charge in [0.25, 0.3) is 0 Å². The van der Waals surface area contributed by atoms with Crippen LogP contribution in [-0.4, -0.2) is 32.3 Å². The second-order valence-electron chi connectivity index (χ2n) is 7.34. The molecule has 0 radical (unpaired) electrons. The van der Waals surface area contributed by atoms with Crippen molar-refractivity contribution in [1.82, 2.24) is 0 Å². The van der Waals surface area contributed by atoms with Gasteiger partial charge in [0.2, 0.25) is 0 Å². The molecular formula is C16H28INSi. The Balaban J connectivity index is 0.00000180. The molecule has 1 aliphatic rings. The van der Waals surface area contributed by atoms with Gasteiger partial charge in [-0.15, -0.1) is 0 Å². The van der Waals surface area contributed by atoms with Gasteiger partial charge in [0.05, 0.1) is 19.8 Å². The normalized spacial score (nSPS) is 27.7. The molecular weight excluding hydrogens is 361 g/mol. The minimum Gasteiger partial charge on any atom is -1.00 e. The molecule has 2 rings (SSSR count). The van der Waals surface area contributed by atoms with Crippen LogP contribution in [0.5, 0.6) is 0 Å². The summed E-state index contributed by atoms with van der Waals surface area (Å²) in [4.78, 5) is 0. The minimum absolute atomic E-state index is 0. The number of rotatable bonds is 3. The zero-order chi connectivity index (χ0) is 13.2. The van der Waals surface area contributed by atoms with E-state index in [2.05, 4.69) is 57.0 Å². The molecule has 3 heteroatoms. The Hall–Kier alpha value is 0.127. The van der Waals surface area contributed by atoms with Crippen LogP contribution in [0.1, 0.15) is 30.9 Å². The molecule has 0 spiro atoms. The second kappa shape index (κ2) is 6.72. The topological polar surface area (TPSA) is 0 Å². The Labute approximate surface area is 137 Å². The van der Waals surface area contributed by atoms with Crippen LogP contribution in [0, 0.1) is 0 Å². The van der Waals surface area contributed by atoms with Crippen LogP contribution in [0.3, 0.4) is 0 Å². The van der Waals surface area contributed by atoms with Gasteiger partial charge in [-0.2, -0.15) is 0 Å². The number of piperidine rings is 1. The summed E-state index contributed by atoms with van der Waals surface area (Å²) in [6.45, 7) is 8.89. The van der Waals surface area contributed by atoms with Crippen molar-refractivity contribution in [2.24, 2.45) is 0 Å². The quantitative estimate of drug-likeness (QED) is 0.415. The molecule has 0 amide bonds. The van der Waals surface area contributed by atoms with E-state index < -0.39 is 8.07 Å². The van der Waals surface area contributed by atoms with Crippen LogP contribution in [-0.2, 0) is 0 Å². The van der Waals surface area contributed by atoms with Crippen molar-refractivity contribution in [1.29, 1.82) is 0 Å². The molecule has 2 unspecified atom stereocenters. The van der Waals surface area contributed by atoms with Gasteiger partial charge in [-0.05, 0) is 12.8 Å². The van der Waals surface area contributed by atoms with Gasteiger partial charge in [-0.25, -0.2) is 0 Å². The highest BCUT2D eigenvalue weighted by Gasteiger charge is 2.39. The number of hydrogen-bond acceptors (Lipinski definition) is 0. The summed E-state index contributed by atoms with van der Waals surface area (Å²) in [5, 5.41) is 0. The molecule has 1 aromatic carbocycles.